The molecule has 0 radical (unpaired) electrons. The van der Waals surface area contributed by atoms with Gasteiger partial charge in [0.15, 0.2) is 0 Å². The van der Waals surface area contributed by atoms with Crippen LogP contribution in [0.4, 0.5) is 0 Å². The van der Waals surface area contributed by atoms with E-state index in [1.165, 1.54) is 0 Å². The van der Waals surface area contributed by atoms with E-state index in [1.807, 2.05) is 20.8 Å². The number of rotatable bonds is 2. The average molecular weight is 186 g/mol. The van der Waals surface area contributed by atoms with Crippen LogP contribution >= 0.6 is 11.6 Å². The third-order valence-electron chi connectivity index (χ3n) is 2.09. The van der Waals surface area contributed by atoms with E-state index < -0.39 is 0 Å². The third-order valence-corrected chi connectivity index (χ3v) is 2.28. The summed E-state index contributed by atoms with van der Waals surface area (Å²) in [7, 11) is 0. The number of H-pyrrole nitrogens is 1. The molecule has 2 nitrogen and oxygen atoms in total. The van der Waals surface area contributed by atoms with Crippen molar-refractivity contribution in [3.8, 4) is 0 Å². The Morgan fingerprint density at radius 1 is 1.50 bits per heavy atom. The summed E-state index contributed by atoms with van der Waals surface area (Å²) in [5, 5.41) is -0.374. The first-order chi connectivity index (χ1) is 5.57. The highest BCUT2D eigenvalue weighted by atomic mass is 35.5. The maximum atomic E-state index is 11.0. The lowest BCUT2D eigenvalue weighted by Gasteiger charge is -1.93. The van der Waals surface area contributed by atoms with Gasteiger partial charge >= 0.3 is 0 Å². The van der Waals surface area contributed by atoms with E-state index in [-0.39, 0.29) is 5.24 Å². The molecular formula is C9H12ClNO. The lowest BCUT2D eigenvalue weighted by Crippen LogP contribution is -1.92. The average Bonchev–Trinajstić information content (AvgIpc) is 2.25. The fourth-order valence-corrected chi connectivity index (χ4v) is 1.75. The Balaban J connectivity index is 3.28. The minimum atomic E-state index is -0.374. The number of hydrogen-bond acceptors (Lipinski definition) is 1. The second-order valence-electron chi connectivity index (χ2n) is 2.86. The summed E-state index contributed by atoms with van der Waals surface area (Å²) >= 11 is 5.43. The van der Waals surface area contributed by atoms with Gasteiger partial charge in [0.25, 0.3) is 5.24 Å². The van der Waals surface area contributed by atoms with Gasteiger partial charge < -0.3 is 4.98 Å². The minimum absolute atomic E-state index is 0.374. The molecule has 1 aromatic rings. The van der Waals surface area contributed by atoms with Gasteiger partial charge in [-0.15, -0.1) is 0 Å². The number of aryl methyl sites for hydroxylation is 2. The molecule has 12 heavy (non-hydrogen) atoms. The summed E-state index contributed by atoms with van der Waals surface area (Å²) < 4.78 is 0. The molecule has 0 amide bonds. The van der Waals surface area contributed by atoms with Crippen molar-refractivity contribution >= 4 is 16.8 Å². The fraction of sp³-hybridized carbons (Fsp3) is 0.444. The highest BCUT2D eigenvalue weighted by Crippen LogP contribution is 2.19. The number of aromatic nitrogens is 1. The monoisotopic (exact) mass is 185 g/mol. The topological polar surface area (TPSA) is 32.9 Å². The molecule has 0 aliphatic heterocycles. The lowest BCUT2D eigenvalue weighted by molar-refractivity contribution is 0.108. The highest BCUT2D eigenvalue weighted by molar-refractivity contribution is 6.68. The molecule has 0 unspecified atom stereocenters. The van der Waals surface area contributed by atoms with E-state index >= 15 is 0 Å². The molecular weight excluding hydrogens is 174 g/mol. The van der Waals surface area contributed by atoms with Crippen LogP contribution < -0.4 is 0 Å². The highest BCUT2D eigenvalue weighted by Gasteiger charge is 2.14. The number of aromatic amines is 1. The van der Waals surface area contributed by atoms with Crippen LogP contribution in [0.5, 0.6) is 0 Å². The summed E-state index contributed by atoms with van der Waals surface area (Å²) in [4.78, 5) is 14.1. The Kier molecular flexibility index (Phi) is 2.58. The van der Waals surface area contributed by atoms with E-state index in [4.69, 9.17) is 11.6 Å². The second kappa shape index (κ2) is 3.31. The molecule has 0 aliphatic carbocycles. The van der Waals surface area contributed by atoms with Gasteiger partial charge in [-0.3, -0.25) is 4.79 Å². The second-order valence-corrected chi connectivity index (χ2v) is 3.20. The summed E-state index contributed by atoms with van der Waals surface area (Å²) in [5.74, 6) is 0. The van der Waals surface area contributed by atoms with E-state index in [1.54, 1.807) is 0 Å². The van der Waals surface area contributed by atoms with Crippen LogP contribution in [0.15, 0.2) is 0 Å². The molecule has 1 heterocycles. The quantitative estimate of drug-likeness (QED) is 0.706. The predicted octanol–water partition coefficient (Wildman–Crippen LogP) is 2.57. The maximum absolute atomic E-state index is 11.0. The maximum Gasteiger partial charge on any atom is 0.254 e. The molecule has 0 bridgehead atoms. The Bertz CT molecular complexity index is 315. The zero-order chi connectivity index (χ0) is 9.30. The van der Waals surface area contributed by atoms with Gasteiger partial charge in [0.2, 0.25) is 0 Å². The van der Waals surface area contributed by atoms with Crippen LogP contribution in [0.2, 0.25) is 0 Å². The number of nitrogens with one attached hydrogen (secondary N) is 1. The van der Waals surface area contributed by atoms with Crippen molar-refractivity contribution in [2.45, 2.75) is 27.2 Å². The first-order valence-electron chi connectivity index (χ1n) is 3.95. The van der Waals surface area contributed by atoms with E-state index in [0.717, 1.165) is 23.4 Å². The molecule has 1 rings (SSSR count). The molecule has 1 N–H and O–H groups in total. The van der Waals surface area contributed by atoms with Crippen molar-refractivity contribution in [3.05, 3.63) is 22.5 Å². The molecule has 0 atom stereocenters. The molecule has 0 spiro atoms. The zero-order valence-corrected chi connectivity index (χ0v) is 8.25. The number of carbonyl (C=O) groups excluding carboxylic acids is 1. The van der Waals surface area contributed by atoms with E-state index in [2.05, 4.69) is 4.98 Å². The van der Waals surface area contributed by atoms with Gasteiger partial charge in [-0.05, 0) is 37.4 Å². The smallest absolute Gasteiger partial charge is 0.254 e. The van der Waals surface area contributed by atoms with E-state index in [9.17, 15) is 4.79 Å². The first-order valence-corrected chi connectivity index (χ1v) is 4.33. The van der Waals surface area contributed by atoms with E-state index in [0.29, 0.717) is 5.56 Å². The van der Waals surface area contributed by atoms with Gasteiger partial charge in [-0.2, -0.15) is 0 Å². The summed E-state index contributed by atoms with van der Waals surface area (Å²) in [6.45, 7) is 5.82. The Labute approximate surface area is 76.9 Å². The molecule has 3 heteroatoms. The normalized spacial score (nSPS) is 10.3. The van der Waals surface area contributed by atoms with Crippen LogP contribution in [0, 0.1) is 13.8 Å². The lowest BCUT2D eigenvalue weighted by atomic mass is 10.1. The van der Waals surface area contributed by atoms with Crippen molar-refractivity contribution < 1.29 is 4.79 Å². The van der Waals surface area contributed by atoms with Crippen LogP contribution in [-0.4, -0.2) is 10.2 Å². The Hall–Kier alpha value is -0.760. The Morgan fingerprint density at radius 2 is 2.08 bits per heavy atom. The van der Waals surface area contributed by atoms with Crippen molar-refractivity contribution in [2.75, 3.05) is 0 Å². The van der Waals surface area contributed by atoms with Gasteiger partial charge in [-0.1, -0.05) is 6.92 Å². The Morgan fingerprint density at radius 3 is 2.33 bits per heavy atom. The molecule has 66 valence electrons. The third kappa shape index (κ3) is 1.39. The van der Waals surface area contributed by atoms with Crippen molar-refractivity contribution in [3.63, 3.8) is 0 Å². The van der Waals surface area contributed by atoms with Crippen LogP contribution in [0.3, 0.4) is 0 Å². The van der Waals surface area contributed by atoms with Crippen molar-refractivity contribution in [1.29, 1.82) is 0 Å². The van der Waals surface area contributed by atoms with Crippen molar-refractivity contribution in [1.82, 2.24) is 4.98 Å². The number of carbonyl (C=O) groups is 1. The van der Waals surface area contributed by atoms with Crippen LogP contribution in [-0.2, 0) is 6.42 Å². The molecule has 0 aliphatic rings. The zero-order valence-electron chi connectivity index (χ0n) is 7.49. The minimum Gasteiger partial charge on any atom is -0.362 e. The number of hydrogen-bond donors (Lipinski definition) is 1. The van der Waals surface area contributed by atoms with Gasteiger partial charge in [-0.25, -0.2) is 0 Å². The van der Waals surface area contributed by atoms with Gasteiger partial charge in [0.1, 0.15) is 0 Å². The van der Waals surface area contributed by atoms with Crippen LogP contribution in [0.1, 0.15) is 34.2 Å². The van der Waals surface area contributed by atoms with Gasteiger partial charge in [0, 0.05) is 11.4 Å². The standard InChI is InChI=1S/C9H12ClNO/c1-4-7-5(2)8(9(10)12)6(3)11-7/h11H,4H2,1-3H3. The summed E-state index contributed by atoms with van der Waals surface area (Å²) in [6.07, 6.45) is 0.900. The summed E-state index contributed by atoms with van der Waals surface area (Å²) in [5.41, 5.74) is 3.57. The molecule has 1 aromatic heterocycles. The van der Waals surface area contributed by atoms with Crippen molar-refractivity contribution in [2.24, 2.45) is 0 Å². The molecule has 0 saturated carbocycles. The van der Waals surface area contributed by atoms with Gasteiger partial charge in [0.05, 0.1) is 5.56 Å². The SMILES string of the molecule is CCc1[nH]c(C)c(C(=O)Cl)c1C. The first kappa shape index (κ1) is 9.33. The molecule has 0 fully saturated rings. The number of halogens is 1. The molecule has 0 saturated heterocycles. The molecule has 0 aromatic carbocycles. The largest absolute Gasteiger partial charge is 0.362 e. The van der Waals surface area contributed by atoms with Crippen LogP contribution in [0.25, 0.3) is 0 Å². The summed E-state index contributed by atoms with van der Waals surface area (Å²) in [6, 6.07) is 0. The fourth-order valence-electron chi connectivity index (χ4n) is 1.46. The predicted molar refractivity (Wildman–Crippen MR) is 49.8 cm³/mol.